The molecule has 0 aromatic carbocycles. The van der Waals surface area contributed by atoms with Crippen LogP contribution in [0.3, 0.4) is 0 Å². The van der Waals surface area contributed by atoms with Gasteiger partial charge in [0.15, 0.2) is 0 Å². The average molecular weight is 219 g/mol. The van der Waals surface area contributed by atoms with Crippen molar-refractivity contribution in [3.05, 3.63) is 30.1 Å². The number of rotatable bonds is 4. The molecule has 1 aliphatic rings. The molecule has 1 aromatic heterocycles. The maximum Gasteiger partial charge on any atom is 0.0312 e. The number of piperidine rings is 1. The van der Waals surface area contributed by atoms with E-state index >= 15 is 0 Å². The number of nitrogens with zero attached hydrogens (tertiary/aromatic N) is 2. The molecular weight excluding hydrogens is 198 g/mol. The van der Waals surface area contributed by atoms with Gasteiger partial charge in [-0.2, -0.15) is 0 Å². The lowest BCUT2D eigenvalue weighted by atomic mass is 9.98. The monoisotopic (exact) mass is 219 g/mol. The van der Waals surface area contributed by atoms with Gasteiger partial charge in [-0.05, 0) is 50.5 Å². The first-order chi connectivity index (χ1) is 7.88. The highest BCUT2D eigenvalue weighted by Crippen LogP contribution is 2.17. The molecule has 2 heterocycles. The summed E-state index contributed by atoms with van der Waals surface area (Å²) in [6.45, 7) is 4.64. The summed E-state index contributed by atoms with van der Waals surface area (Å²) in [5.74, 6) is 0.815. The van der Waals surface area contributed by atoms with E-state index in [1.807, 2.05) is 25.5 Å². The molecule has 0 radical (unpaired) electrons. The Balaban J connectivity index is 1.85. The minimum absolute atomic E-state index is 0.815. The summed E-state index contributed by atoms with van der Waals surface area (Å²) < 4.78 is 0. The van der Waals surface area contributed by atoms with E-state index in [2.05, 4.69) is 21.3 Å². The first-order valence-corrected chi connectivity index (χ1v) is 6.14. The number of hydrogen-bond donors (Lipinski definition) is 1. The van der Waals surface area contributed by atoms with Gasteiger partial charge in [0.2, 0.25) is 0 Å². The molecule has 1 unspecified atom stereocenters. The molecule has 1 atom stereocenters. The van der Waals surface area contributed by atoms with Gasteiger partial charge >= 0.3 is 0 Å². The molecule has 3 heteroatoms. The van der Waals surface area contributed by atoms with Crippen LogP contribution < -0.4 is 5.32 Å². The van der Waals surface area contributed by atoms with Crippen molar-refractivity contribution in [2.75, 3.05) is 26.7 Å². The van der Waals surface area contributed by atoms with E-state index in [0.717, 1.165) is 19.0 Å². The van der Waals surface area contributed by atoms with Gasteiger partial charge in [-0.3, -0.25) is 9.88 Å². The zero-order chi connectivity index (χ0) is 11.2. The Bertz CT molecular complexity index is 297. The van der Waals surface area contributed by atoms with Crippen LogP contribution in [0.4, 0.5) is 0 Å². The normalized spacial score (nSPS) is 22.2. The summed E-state index contributed by atoms with van der Waals surface area (Å²) in [5.41, 5.74) is 1.33. The lowest BCUT2D eigenvalue weighted by Crippen LogP contribution is -2.38. The van der Waals surface area contributed by atoms with E-state index in [9.17, 15) is 0 Å². The van der Waals surface area contributed by atoms with Crippen molar-refractivity contribution in [3.63, 3.8) is 0 Å². The molecule has 0 aliphatic carbocycles. The molecule has 1 aromatic rings. The number of aromatic nitrogens is 1. The maximum atomic E-state index is 4.17. The van der Waals surface area contributed by atoms with Crippen molar-refractivity contribution in [3.8, 4) is 0 Å². The first-order valence-electron chi connectivity index (χ1n) is 6.14. The molecule has 1 saturated heterocycles. The third-order valence-corrected chi connectivity index (χ3v) is 3.22. The molecule has 2 rings (SSSR count). The molecule has 1 aliphatic heterocycles. The van der Waals surface area contributed by atoms with E-state index in [-0.39, 0.29) is 0 Å². The fourth-order valence-corrected chi connectivity index (χ4v) is 2.50. The molecule has 0 amide bonds. The van der Waals surface area contributed by atoms with Gasteiger partial charge in [-0.15, -0.1) is 0 Å². The van der Waals surface area contributed by atoms with Crippen molar-refractivity contribution in [1.82, 2.24) is 15.2 Å². The van der Waals surface area contributed by atoms with Crippen LogP contribution in [0, 0.1) is 5.92 Å². The van der Waals surface area contributed by atoms with Crippen LogP contribution >= 0.6 is 0 Å². The summed E-state index contributed by atoms with van der Waals surface area (Å²) in [7, 11) is 2.04. The maximum absolute atomic E-state index is 4.17. The van der Waals surface area contributed by atoms with Crippen molar-refractivity contribution in [1.29, 1.82) is 0 Å². The third-order valence-electron chi connectivity index (χ3n) is 3.22. The summed E-state index contributed by atoms with van der Waals surface area (Å²) in [6, 6.07) is 4.18. The highest BCUT2D eigenvalue weighted by Gasteiger charge is 2.18. The molecule has 1 fully saturated rings. The van der Waals surface area contributed by atoms with Crippen molar-refractivity contribution in [2.24, 2.45) is 5.92 Å². The highest BCUT2D eigenvalue weighted by molar-refractivity contribution is 5.08. The average Bonchev–Trinajstić information content (AvgIpc) is 2.31. The molecule has 0 bridgehead atoms. The Labute approximate surface area is 97.9 Å². The smallest absolute Gasteiger partial charge is 0.0312 e. The second-order valence-corrected chi connectivity index (χ2v) is 4.66. The molecule has 88 valence electrons. The Morgan fingerprint density at radius 2 is 2.50 bits per heavy atom. The van der Waals surface area contributed by atoms with Crippen LogP contribution in [0.25, 0.3) is 0 Å². The summed E-state index contributed by atoms with van der Waals surface area (Å²) in [4.78, 5) is 6.71. The minimum atomic E-state index is 0.815. The van der Waals surface area contributed by atoms with E-state index in [4.69, 9.17) is 0 Å². The first kappa shape index (κ1) is 11.6. The molecule has 0 saturated carbocycles. The fraction of sp³-hybridized carbons (Fsp3) is 0.615. The Morgan fingerprint density at radius 1 is 1.56 bits per heavy atom. The lowest BCUT2D eigenvalue weighted by molar-refractivity contribution is 0.166. The molecule has 16 heavy (non-hydrogen) atoms. The second-order valence-electron chi connectivity index (χ2n) is 4.66. The van der Waals surface area contributed by atoms with Gasteiger partial charge in [0, 0.05) is 25.5 Å². The molecule has 0 spiro atoms. The van der Waals surface area contributed by atoms with Gasteiger partial charge in [0.25, 0.3) is 0 Å². The predicted molar refractivity (Wildman–Crippen MR) is 66.2 cm³/mol. The fourth-order valence-electron chi connectivity index (χ4n) is 2.50. The largest absolute Gasteiger partial charge is 0.319 e. The van der Waals surface area contributed by atoms with Crippen molar-refractivity contribution >= 4 is 0 Å². The number of pyridine rings is 1. The minimum Gasteiger partial charge on any atom is -0.319 e. The van der Waals surface area contributed by atoms with Gasteiger partial charge in [-0.1, -0.05) is 6.07 Å². The Kier molecular flexibility index (Phi) is 4.31. The Hall–Kier alpha value is -0.930. The topological polar surface area (TPSA) is 28.2 Å². The van der Waals surface area contributed by atoms with Crippen LogP contribution in [-0.2, 0) is 6.54 Å². The quantitative estimate of drug-likeness (QED) is 0.832. The molecule has 3 nitrogen and oxygen atoms in total. The van der Waals surface area contributed by atoms with Crippen molar-refractivity contribution < 1.29 is 0 Å². The van der Waals surface area contributed by atoms with Crippen LogP contribution in [0.1, 0.15) is 18.4 Å². The zero-order valence-electron chi connectivity index (χ0n) is 10.0. The van der Waals surface area contributed by atoms with Crippen LogP contribution in [0.15, 0.2) is 24.5 Å². The highest BCUT2D eigenvalue weighted by atomic mass is 15.1. The van der Waals surface area contributed by atoms with Crippen molar-refractivity contribution in [2.45, 2.75) is 19.4 Å². The van der Waals surface area contributed by atoms with Gasteiger partial charge < -0.3 is 5.32 Å². The van der Waals surface area contributed by atoms with E-state index < -0.39 is 0 Å². The van der Waals surface area contributed by atoms with Gasteiger partial charge in [0.05, 0.1) is 0 Å². The van der Waals surface area contributed by atoms with Gasteiger partial charge in [0.1, 0.15) is 0 Å². The molecular formula is C13H21N3. The summed E-state index contributed by atoms with van der Waals surface area (Å²) >= 11 is 0. The second kappa shape index (κ2) is 5.97. The number of hydrogen-bond acceptors (Lipinski definition) is 3. The van der Waals surface area contributed by atoms with Crippen LogP contribution in [-0.4, -0.2) is 36.6 Å². The lowest BCUT2D eigenvalue weighted by Gasteiger charge is -2.32. The van der Waals surface area contributed by atoms with Crippen LogP contribution in [0.2, 0.25) is 0 Å². The number of nitrogens with one attached hydrogen (secondary N) is 1. The third kappa shape index (κ3) is 3.29. The summed E-state index contributed by atoms with van der Waals surface area (Å²) in [6.07, 6.45) is 6.50. The zero-order valence-corrected chi connectivity index (χ0v) is 10.0. The predicted octanol–water partition coefficient (Wildman–Crippen LogP) is 1.51. The SMILES string of the molecule is CNCC1CCCN(Cc2cccnc2)C1. The van der Waals surface area contributed by atoms with E-state index in [0.29, 0.717) is 0 Å². The summed E-state index contributed by atoms with van der Waals surface area (Å²) in [5, 5.41) is 3.28. The van der Waals surface area contributed by atoms with E-state index in [1.54, 1.807) is 0 Å². The standard InChI is InChI=1S/C13H21N3/c1-14-8-12-5-3-7-16(10-12)11-13-4-2-6-15-9-13/h2,4,6,9,12,14H,3,5,7-8,10-11H2,1H3. The van der Waals surface area contributed by atoms with Crippen LogP contribution in [0.5, 0.6) is 0 Å². The Morgan fingerprint density at radius 3 is 3.25 bits per heavy atom. The van der Waals surface area contributed by atoms with E-state index in [1.165, 1.54) is 31.5 Å². The van der Waals surface area contributed by atoms with Gasteiger partial charge in [-0.25, -0.2) is 0 Å². The molecule has 1 N–H and O–H groups in total. The number of likely N-dealkylation sites (tertiary alicyclic amines) is 1.